The molecule has 236 valence electrons. The first-order chi connectivity index (χ1) is 21.3. The summed E-state index contributed by atoms with van der Waals surface area (Å²) in [6.45, 7) is 7.77. The number of ether oxygens (including phenoxy) is 1. The second-order valence-electron chi connectivity index (χ2n) is 11.3. The molecule has 0 radical (unpaired) electrons. The molecule has 10 nitrogen and oxygen atoms in total. The zero-order chi connectivity index (χ0) is 32.9. The first-order valence-corrected chi connectivity index (χ1v) is 16.1. The molecule has 0 spiro atoms. The van der Waals surface area contributed by atoms with Crippen molar-refractivity contribution >= 4 is 39.3 Å². The van der Waals surface area contributed by atoms with Gasteiger partial charge in [-0.05, 0) is 37.5 Å². The van der Waals surface area contributed by atoms with Gasteiger partial charge in [-0.15, -0.1) is 0 Å². The largest absolute Gasteiger partial charge is 0.457 e. The summed E-state index contributed by atoms with van der Waals surface area (Å²) in [5.41, 5.74) is 1.07. The van der Waals surface area contributed by atoms with Crippen molar-refractivity contribution in [3.63, 3.8) is 0 Å². The number of carbonyl (C=O) groups excluding carboxylic acids is 4. The third kappa shape index (κ3) is 7.15. The number of esters is 1. The minimum Gasteiger partial charge on any atom is -0.457 e. The predicted molar refractivity (Wildman–Crippen MR) is 168 cm³/mol. The van der Waals surface area contributed by atoms with E-state index in [9.17, 15) is 27.6 Å². The normalized spacial score (nSPS) is 15.9. The van der Waals surface area contributed by atoms with E-state index in [1.807, 2.05) is 0 Å². The number of hydrazine groups is 1. The van der Waals surface area contributed by atoms with Crippen LogP contribution in [0, 0.1) is 5.92 Å². The number of hydrogen-bond acceptors (Lipinski definition) is 7. The molecule has 11 heteroatoms. The molecular weight excluding hydrogens is 594 g/mol. The Kier molecular flexibility index (Phi) is 10.2. The molecule has 0 saturated heterocycles. The van der Waals surface area contributed by atoms with Crippen LogP contribution in [0.25, 0.3) is 5.70 Å². The number of rotatable bonds is 11. The van der Waals surface area contributed by atoms with Gasteiger partial charge < -0.3 is 4.74 Å². The fourth-order valence-electron chi connectivity index (χ4n) is 5.18. The van der Waals surface area contributed by atoms with E-state index in [-0.39, 0.29) is 17.0 Å². The number of sulfonamides is 1. The standard InChI is InChI=1S/C34H37N3O7S/c1-23(2)31-33(40)37(30(27-17-11-7-12-18-27)22-35(31)45(42,43)28-19-13-8-14-20-28)36(25(5)38)29(21-26-15-9-6-10-16-26)32(39)34(41)44-24(3)4/h6-20,22-24,29,31H,21H2,1-5H3/t29-,31?/m0/s1. The lowest BCUT2D eigenvalue weighted by Crippen LogP contribution is -2.64. The van der Waals surface area contributed by atoms with Crippen molar-refractivity contribution < 1.29 is 32.3 Å². The molecule has 1 aliphatic heterocycles. The van der Waals surface area contributed by atoms with Crippen molar-refractivity contribution in [1.29, 1.82) is 0 Å². The molecule has 0 fully saturated rings. The van der Waals surface area contributed by atoms with Crippen molar-refractivity contribution in [2.75, 3.05) is 0 Å². The Morgan fingerprint density at radius 2 is 1.38 bits per heavy atom. The molecule has 0 N–H and O–H groups in total. The number of benzene rings is 3. The predicted octanol–water partition coefficient (Wildman–Crippen LogP) is 4.44. The van der Waals surface area contributed by atoms with Crippen LogP contribution in [0.1, 0.15) is 45.7 Å². The van der Waals surface area contributed by atoms with Crippen molar-refractivity contribution in [3.8, 4) is 0 Å². The zero-order valence-corrected chi connectivity index (χ0v) is 26.7. The summed E-state index contributed by atoms with van der Waals surface area (Å²) in [4.78, 5) is 55.1. The minimum atomic E-state index is -4.25. The minimum absolute atomic E-state index is 0.0162. The van der Waals surface area contributed by atoms with E-state index in [0.29, 0.717) is 11.1 Å². The molecule has 0 saturated carbocycles. The number of hydrogen-bond donors (Lipinski definition) is 0. The molecule has 1 heterocycles. The van der Waals surface area contributed by atoms with Gasteiger partial charge in [-0.3, -0.25) is 18.7 Å². The number of Topliss-reactive ketones (excluding diaryl/α,β-unsaturated/α-hetero) is 1. The monoisotopic (exact) mass is 631 g/mol. The molecule has 0 bridgehead atoms. The molecule has 0 aliphatic carbocycles. The lowest BCUT2D eigenvalue weighted by molar-refractivity contribution is -0.171. The summed E-state index contributed by atoms with van der Waals surface area (Å²) in [5, 5.41) is 2.01. The Hall–Kier alpha value is -4.77. The summed E-state index contributed by atoms with van der Waals surface area (Å²) >= 11 is 0. The highest BCUT2D eigenvalue weighted by Crippen LogP contribution is 2.36. The third-order valence-corrected chi connectivity index (χ3v) is 8.94. The summed E-state index contributed by atoms with van der Waals surface area (Å²) < 4.78 is 34.3. The van der Waals surface area contributed by atoms with E-state index >= 15 is 0 Å². The van der Waals surface area contributed by atoms with E-state index in [1.165, 1.54) is 25.3 Å². The fourth-order valence-corrected chi connectivity index (χ4v) is 6.80. The number of carbonyl (C=O) groups is 4. The van der Waals surface area contributed by atoms with Crippen LogP contribution >= 0.6 is 0 Å². The van der Waals surface area contributed by atoms with Crippen LogP contribution in [-0.2, 0) is 40.4 Å². The SMILES string of the molecule is CC(=O)N([C@@H](Cc1ccccc1)C(=O)C(=O)OC(C)C)N1C(=O)C(C(C)C)N(S(=O)(=O)c2ccccc2)C=C1c1ccccc1. The summed E-state index contributed by atoms with van der Waals surface area (Å²) in [6.07, 6.45) is 0.593. The van der Waals surface area contributed by atoms with Crippen LogP contribution in [0.2, 0.25) is 0 Å². The van der Waals surface area contributed by atoms with Gasteiger partial charge in [0, 0.05) is 25.1 Å². The first-order valence-electron chi connectivity index (χ1n) is 14.6. The van der Waals surface area contributed by atoms with Crippen LogP contribution in [0.3, 0.4) is 0 Å². The lowest BCUT2D eigenvalue weighted by Gasteiger charge is -2.46. The molecular formula is C34H37N3O7S. The molecule has 2 amide bonds. The quantitative estimate of drug-likeness (QED) is 0.227. The first kappa shape index (κ1) is 33.1. The third-order valence-electron chi connectivity index (χ3n) is 7.19. The smallest absolute Gasteiger partial charge is 0.377 e. The Morgan fingerprint density at radius 1 is 0.844 bits per heavy atom. The lowest BCUT2D eigenvalue weighted by atomic mass is 9.98. The average Bonchev–Trinajstić information content (AvgIpc) is 3.01. The van der Waals surface area contributed by atoms with Crippen LogP contribution in [0.4, 0.5) is 0 Å². The van der Waals surface area contributed by atoms with Crippen LogP contribution in [0.15, 0.2) is 102 Å². The highest BCUT2D eigenvalue weighted by molar-refractivity contribution is 7.89. The maximum Gasteiger partial charge on any atom is 0.377 e. The second kappa shape index (κ2) is 13.9. The number of nitrogens with zero attached hydrogens (tertiary/aromatic N) is 3. The van der Waals surface area contributed by atoms with Crippen molar-refractivity contribution in [2.45, 2.75) is 64.1 Å². The van der Waals surface area contributed by atoms with Gasteiger partial charge >= 0.3 is 5.97 Å². The summed E-state index contributed by atoms with van der Waals surface area (Å²) in [6, 6.07) is 22.2. The van der Waals surface area contributed by atoms with Crippen molar-refractivity contribution in [3.05, 3.63) is 108 Å². The van der Waals surface area contributed by atoms with Gasteiger partial charge in [0.05, 0.1) is 16.7 Å². The van der Waals surface area contributed by atoms with Crippen LogP contribution in [0.5, 0.6) is 0 Å². The van der Waals surface area contributed by atoms with Gasteiger partial charge in [-0.1, -0.05) is 92.7 Å². The molecule has 1 aliphatic rings. The highest BCUT2D eigenvalue weighted by Gasteiger charge is 2.49. The molecule has 1 unspecified atom stereocenters. The summed E-state index contributed by atoms with van der Waals surface area (Å²) in [5.74, 6) is -4.21. The highest BCUT2D eigenvalue weighted by atomic mass is 32.2. The molecule has 3 aromatic carbocycles. The van der Waals surface area contributed by atoms with Gasteiger partial charge in [0.2, 0.25) is 5.91 Å². The zero-order valence-electron chi connectivity index (χ0n) is 25.9. The van der Waals surface area contributed by atoms with Crippen LogP contribution < -0.4 is 0 Å². The van der Waals surface area contributed by atoms with E-state index in [0.717, 1.165) is 14.3 Å². The van der Waals surface area contributed by atoms with Crippen molar-refractivity contribution in [1.82, 2.24) is 14.3 Å². The van der Waals surface area contributed by atoms with Gasteiger partial charge in [-0.25, -0.2) is 23.2 Å². The number of ketones is 1. The van der Waals surface area contributed by atoms with E-state index < -0.39 is 57.7 Å². The molecule has 45 heavy (non-hydrogen) atoms. The van der Waals surface area contributed by atoms with E-state index in [1.54, 1.807) is 107 Å². The van der Waals surface area contributed by atoms with Gasteiger partial charge in [-0.2, -0.15) is 0 Å². The van der Waals surface area contributed by atoms with Gasteiger partial charge in [0.15, 0.2) is 0 Å². The maximum atomic E-state index is 14.7. The Morgan fingerprint density at radius 3 is 1.89 bits per heavy atom. The van der Waals surface area contributed by atoms with E-state index in [4.69, 9.17) is 4.74 Å². The second-order valence-corrected chi connectivity index (χ2v) is 13.1. The fraction of sp³-hybridized carbons (Fsp3) is 0.294. The molecule has 0 aromatic heterocycles. The van der Waals surface area contributed by atoms with Gasteiger partial charge in [0.25, 0.3) is 21.7 Å². The number of amides is 2. The molecule has 3 aromatic rings. The Bertz CT molecular complexity index is 1670. The Balaban J connectivity index is 1.97. The maximum absolute atomic E-state index is 14.7. The van der Waals surface area contributed by atoms with E-state index in [2.05, 4.69) is 0 Å². The Labute approximate surface area is 263 Å². The summed E-state index contributed by atoms with van der Waals surface area (Å²) in [7, 11) is -4.25. The topological polar surface area (TPSA) is 121 Å². The van der Waals surface area contributed by atoms with Crippen molar-refractivity contribution in [2.24, 2.45) is 5.92 Å². The average molecular weight is 632 g/mol. The molecule has 4 rings (SSSR count). The van der Waals surface area contributed by atoms with Crippen LogP contribution in [-0.4, -0.2) is 64.5 Å². The molecule has 2 atom stereocenters. The van der Waals surface area contributed by atoms with Gasteiger partial charge in [0.1, 0.15) is 12.1 Å².